The van der Waals surface area contributed by atoms with E-state index in [-0.39, 0.29) is 5.91 Å². The van der Waals surface area contributed by atoms with Crippen molar-refractivity contribution in [3.05, 3.63) is 29.0 Å². The van der Waals surface area contributed by atoms with Crippen LogP contribution in [0.1, 0.15) is 43.1 Å². The number of rotatable bonds is 2. The fourth-order valence-corrected chi connectivity index (χ4v) is 2.36. The van der Waals surface area contributed by atoms with Crippen LogP contribution in [0.2, 0.25) is 5.15 Å². The van der Waals surface area contributed by atoms with E-state index >= 15 is 0 Å². The standard InChI is InChI=1S/C13H17ClN2O/c1-9-5-7-10(8-6-9)15-13(17)11-3-2-4-12(14)16-11/h2-4,9-10H,5-8H2,1H3,(H,15,17). The quantitative estimate of drug-likeness (QED) is 0.822. The molecule has 92 valence electrons. The molecule has 0 aliphatic heterocycles. The number of carbonyl (C=O) groups excluding carboxylic acids is 1. The molecule has 0 bridgehead atoms. The van der Waals surface area contributed by atoms with Gasteiger partial charge in [-0.25, -0.2) is 4.98 Å². The van der Waals surface area contributed by atoms with Gasteiger partial charge in [-0.1, -0.05) is 24.6 Å². The second-order valence-corrected chi connectivity index (χ2v) is 5.16. The van der Waals surface area contributed by atoms with Crippen molar-refractivity contribution in [2.75, 3.05) is 0 Å². The van der Waals surface area contributed by atoms with Crippen LogP contribution >= 0.6 is 11.6 Å². The molecule has 1 aliphatic carbocycles. The predicted molar refractivity (Wildman–Crippen MR) is 68.1 cm³/mol. The molecule has 0 atom stereocenters. The van der Waals surface area contributed by atoms with Crippen molar-refractivity contribution in [3.63, 3.8) is 0 Å². The normalized spacial score (nSPS) is 24.4. The van der Waals surface area contributed by atoms with Gasteiger partial charge in [-0.3, -0.25) is 4.79 Å². The van der Waals surface area contributed by atoms with Crippen molar-refractivity contribution in [2.45, 2.75) is 38.6 Å². The second kappa shape index (κ2) is 5.50. The van der Waals surface area contributed by atoms with Crippen LogP contribution in [0.4, 0.5) is 0 Å². The maximum absolute atomic E-state index is 11.9. The van der Waals surface area contributed by atoms with E-state index in [0.29, 0.717) is 16.9 Å². The molecule has 3 nitrogen and oxygen atoms in total. The number of amides is 1. The fraction of sp³-hybridized carbons (Fsp3) is 0.538. The van der Waals surface area contributed by atoms with Crippen LogP contribution in [0.3, 0.4) is 0 Å². The Morgan fingerprint density at radius 3 is 2.71 bits per heavy atom. The molecule has 0 radical (unpaired) electrons. The van der Waals surface area contributed by atoms with Gasteiger partial charge in [-0.2, -0.15) is 0 Å². The summed E-state index contributed by atoms with van der Waals surface area (Å²) >= 11 is 5.76. The largest absolute Gasteiger partial charge is 0.348 e. The zero-order chi connectivity index (χ0) is 12.3. The van der Waals surface area contributed by atoms with Crippen LogP contribution < -0.4 is 5.32 Å². The minimum absolute atomic E-state index is 0.118. The van der Waals surface area contributed by atoms with E-state index < -0.39 is 0 Å². The first-order chi connectivity index (χ1) is 8.15. The van der Waals surface area contributed by atoms with Crippen molar-refractivity contribution in [1.82, 2.24) is 10.3 Å². The van der Waals surface area contributed by atoms with E-state index in [4.69, 9.17) is 11.6 Å². The molecule has 0 spiro atoms. The highest BCUT2D eigenvalue weighted by Gasteiger charge is 2.20. The maximum atomic E-state index is 11.9. The molecule has 17 heavy (non-hydrogen) atoms. The third kappa shape index (κ3) is 3.43. The molecular weight excluding hydrogens is 236 g/mol. The Bertz CT molecular complexity index is 400. The van der Waals surface area contributed by atoms with Crippen LogP contribution in [0.25, 0.3) is 0 Å². The highest BCUT2D eigenvalue weighted by atomic mass is 35.5. The Morgan fingerprint density at radius 2 is 2.06 bits per heavy atom. The van der Waals surface area contributed by atoms with E-state index in [9.17, 15) is 4.79 Å². The Balaban J connectivity index is 1.93. The molecule has 0 saturated heterocycles. The number of nitrogens with one attached hydrogen (secondary N) is 1. The molecule has 1 N–H and O–H groups in total. The lowest BCUT2D eigenvalue weighted by molar-refractivity contribution is 0.0918. The van der Waals surface area contributed by atoms with Crippen molar-refractivity contribution in [1.29, 1.82) is 0 Å². The minimum Gasteiger partial charge on any atom is -0.348 e. The molecule has 0 unspecified atom stereocenters. The monoisotopic (exact) mass is 252 g/mol. The number of hydrogen-bond donors (Lipinski definition) is 1. The smallest absolute Gasteiger partial charge is 0.270 e. The van der Waals surface area contributed by atoms with Crippen LogP contribution in [0.5, 0.6) is 0 Å². The summed E-state index contributed by atoms with van der Waals surface area (Å²) in [6, 6.07) is 5.39. The van der Waals surface area contributed by atoms with Gasteiger partial charge in [0.15, 0.2) is 0 Å². The Hall–Kier alpha value is -1.09. The first-order valence-electron chi connectivity index (χ1n) is 6.08. The van der Waals surface area contributed by atoms with Gasteiger partial charge in [0.1, 0.15) is 10.8 Å². The van der Waals surface area contributed by atoms with E-state index in [1.807, 2.05) is 0 Å². The highest BCUT2D eigenvalue weighted by Crippen LogP contribution is 2.23. The van der Waals surface area contributed by atoms with E-state index in [2.05, 4.69) is 17.2 Å². The van der Waals surface area contributed by atoms with Gasteiger partial charge in [-0.05, 0) is 43.7 Å². The minimum atomic E-state index is -0.118. The Morgan fingerprint density at radius 1 is 1.35 bits per heavy atom. The first-order valence-corrected chi connectivity index (χ1v) is 6.46. The fourth-order valence-electron chi connectivity index (χ4n) is 2.20. The number of pyridine rings is 1. The van der Waals surface area contributed by atoms with Crippen LogP contribution in [0, 0.1) is 5.92 Å². The van der Waals surface area contributed by atoms with E-state index in [1.54, 1.807) is 18.2 Å². The first kappa shape index (κ1) is 12.4. The van der Waals surface area contributed by atoms with Crippen molar-refractivity contribution >= 4 is 17.5 Å². The SMILES string of the molecule is CC1CCC(NC(=O)c2cccc(Cl)n2)CC1. The third-order valence-corrected chi connectivity index (χ3v) is 3.51. The van der Waals surface area contributed by atoms with Gasteiger partial charge in [0, 0.05) is 6.04 Å². The second-order valence-electron chi connectivity index (χ2n) is 4.78. The van der Waals surface area contributed by atoms with Gasteiger partial charge in [0.05, 0.1) is 0 Å². The highest BCUT2D eigenvalue weighted by molar-refractivity contribution is 6.29. The van der Waals surface area contributed by atoms with Gasteiger partial charge in [0.2, 0.25) is 0 Å². The molecular formula is C13H17ClN2O. The number of hydrogen-bond acceptors (Lipinski definition) is 2. The lowest BCUT2D eigenvalue weighted by Crippen LogP contribution is -2.37. The summed E-state index contributed by atoms with van der Waals surface area (Å²) in [6.07, 6.45) is 4.50. The number of halogens is 1. The zero-order valence-corrected chi connectivity index (χ0v) is 10.7. The third-order valence-electron chi connectivity index (χ3n) is 3.30. The summed E-state index contributed by atoms with van der Waals surface area (Å²) < 4.78 is 0. The molecule has 1 heterocycles. The van der Waals surface area contributed by atoms with Gasteiger partial charge in [0.25, 0.3) is 5.91 Å². The van der Waals surface area contributed by atoms with Crippen LogP contribution in [0.15, 0.2) is 18.2 Å². The average molecular weight is 253 g/mol. The molecule has 1 aromatic heterocycles. The number of nitrogens with zero attached hydrogens (tertiary/aromatic N) is 1. The van der Waals surface area contributed by atoms with Crippen molar-refractivity contribution in [3.8, 4) is 0 Å². The zero-order valence-electron chi connectivity index (χ0n) is 9.95. The molecule has 2 rings (SSSR count). The number of carbonyl (C=O) groups is 1. The molecule has 1 aromatic rings. The molecule has 4 heteroatoms. The predicted octanol–water partition coefficient (Wildman–Crippen LogP) is 3.04. The molecule has 1 fully saturated rings. The molecule has 1 amide bonds. The van der Waals surface area contributed by atoms with Gasteiger partial charge < -0.3 is 5.32 Å². The molecule has 0 aromatic carbocycles. The van der Waals surface area contributed by atoms with Crippen molar-refractivity contribution in [2.24, 2.45) is 5.92 Å². The summed E-state index contributed by atoms with van der Waals surface area (Å²) in [5.74, 6) is 0.666. The summed E-state index contributed by atoms with van der Waals surface area (Å²) in [7, 11) is 0. The van der Waals surface area contributed by atoms with Crippen molar-refractivity contribution < 1.29 is 4.79 Å². The van der Waals surface area contributed by atoms with Gasteiger partial charge in [-0.15, -0.1) is 0 Å². The molecule has 1 aliphatic rings. The Kier molecular flexibility index (Phi) is 4.00. The maximum Gasteiger partial charge on any atom is 0.270 e. The summed E-state index contributed by atoms with van der Waals surface area (Å²) in [5.41, 5.74) is 0.399. The average Bonchev–Trinajstić information content (AvgIpc) is 2.32. The van der Waals surface area contributed by atoms with E-state index in [0.717, 1.165) is 18.8 Å². The summed E-state index contributed by atoms with van der Waals surface area (Å²) in [6.45, 7) is 2.26. The topological polar surface area (TPSA) is 42.0 Å². The lowest BCUT2D eigenvalue weighted by atomic mass is 9.87. The van der Waals surface area contributed by atoms with Crippen LogP contribution in [-0.4, -0.2) is 16.9 Å². The van der Waals surface area contributed by atoms with Crippen LogP contribution in [-0.2, 0) is 0 Å². The Labute approximate surface area is 107 Å². The summed E-state index contributed by atoms with van der Waals surface area (Å²) in [5, 5.41) is 3.38. The summed E-state index contributed by atoms with van der Waals surface area (Å²) in [4.78, 5) is 15.9. The lowest BCUT2D eigenvalue weighted by Gasteiger charge is -2.26. The van der Waals surface area contributed by atoms with Gasteiger partial charge >= 0.3 is 0 Å². The van der Waals surface area contributed by atoms with E-state index in [1.165, 1.54) is 12.8 Å². The number of aromatic nitrogens is 1. The molecule has 1 saturated carbocycles.